The summed E-state index contributed by atoms with van der Waals surface area (Å²) in [5, 5.41) is 0. The lowest BCUT2D eigenvalue weighted by Crippen LogP contribution is -2.34. The van der Waals surface area contributed by atoms with Gasteiger partial charge in [0, 0.05) is 42.7 Å². The fourth-order valence-corrected chi connectivity index (χ4v) is 4.08. The molecular weight excluding hydrogens is 388 g/mol. The second-order valence-electron chi connectivity index (χ2n) is 6.95. The maximum absolute atomic E-state index is 13.0. The predicted molar refractivity (Wildman–Crippen MR) is 115 cm³/mol. The molecule has 7 heteroatoms. The van der Waals surface area contributed by atoms with E-state index in [2.05, 4.69) is 0 Å². The van der Waals surface area contributed by atoms with Gasteiger partial charge >= 0.3 is 0 Å². The largest absolute Gasteiger partial charge is 0.493 e. The molecule has 2 aromatic carbocycles. The van der Waals surface area contributed by atoms with E-state index in [0.29, 0.717) is 24.6 Å². The van der Waals surface area contributed by atoms with Crippen molar-refractivity contribution in [1.29, 1.82) is 0 Å². The van der Waals surface area contributed by atoms with Crippen molar-refractivity contribution in [2.75, 3.05) is 39.0 Å². The van der Waals surface area contributed by atoms with Gasteiger partial charge in [-0.05, 0) is 30.5 Å². The molecule has 0 bridgehead atoms. The summed E-state index contributed by atoms with van der Waals surface area (Å²) in [6.07, 6.45) is 2.22. The molecule has 29 heavy (non-hydrogen) atoms. The van der Waals surface area contributed by atoms with Crippen molar-refractivity contribution in [1.82, 2.24) is 4.90 Å². The highest BCUT2D eigenvalue weighted by Gasteiger charge is 2.36. The minimum absolute atomic E-state index is 0.0195. The zero-order valence-corrected chi connectivity index (χ0v) is 18.0. The molecule has 1 fully saturated rings. The van der Waals surface area contributed by atoms with E-state index in [1.807, 2.05) is 48.7 Å². The number of carbonyl (C=O) groups excluding carboxylic acids is 2. The van der Waals surface area contributed by atoms with Gasteiger partial charge in [0.2, 0.25) is 11.8 Å². The van der Waals surface area contributed by atoms with Gasteiger partial charge < -0.3 is 19.3 Å². The first kappa shape index (κ1) is 21.0. The van der Waals surface area contributed by atoms with Gasteiger partial charge in [0.25, 0.3) is 0 Å². The zero-order valence-electron chi connectivity index (χ0n) is 17.2. The second-order valence-corrected chi connectivity index (χ2v) is 7.83. The van der Waals surface area contributed by atoms with E-state index in [0.717, 1.165) is 16.1 Å². The van der Waals surface area contributed by atoms with Crippen LogP contribution in [0.4, 0.5) is 5.69 Å². The number of rotatable bonds is 7. The Morgan fingerprint density at radius 2 is 1.97 bits per heavy atom. The lowest BCUT2D eigenvalue weighted by molar-refractivity contribution is -0.135. The third kappa shape index (κ3) is 4.50. The number of para-hydroxylation sites is 1. The van der Waals surface area contributed by atoms with Crippen LogP contribution in [0.15, 0.2) is 47.4 Å². The summed E-state index contributed by atoms with van der Waals surface area (Å²) < 4.78 is 10.8. The van der Waals surface area contributed by atoms with E-state index in [4.69, 9.17) is 9.47 Å². The van der Waals surface area contributed by atoms with Crippen LogP contribution < -0.4 is 14.4 Å². The quantitative estimate of drug-likeness (QED) is 0.650. The number of anilines is 1. The fourth-order valence-electron chi connectivity index (χ4n) is 3.62. The average molecular weight is 415 g/mol. The Labute approximate surface area is 175 Å². The fraction of sp³-hybridized carbons (Fsp3) is 0.364. The molecule has 6 nitrogen and oxygen atoms in total. The molecule has 3 rings (SSSR count). The normalized spacial score (nSPS) is 16.1. The smallest absolute Gasteiger partial charge is 0.228 e. The predicted octanol–water partition coefficient (Wildman–Crippen LogP) is 3.44. The lowest BCUT2D eigenvalue weighted by Gasteiger charge is -2.23. The molecule has 0 aliphatic carbocycles. The van der Waals surface area contributed by atoms with E-state index in [1.54, 1.807) is 42.8 Å². The molecular formula is C22H26N2O4S. The van der Waals surface area contributed by atoms with Crippen molar-refractivity contribution in [3.8, 4) is 11.5 Å². The maximum atomic E-state index is 13.0. The molecule has 0 radical (unpaired) electrons. The minimum atomic E-state index is -0.359. The highest BCUT2D eigenvalue weighted by Crippen LogP contribution is 2.32. The van der Waals surface area contributed by atoms with Gasteiger partial charge in [-0.2, -0.15) is 0 Å². The first-order chi connectivity index (χ1) is 14.0. The standard InChI is InChI=1S/C22H26N2O4S/c1-23(13-15-7-5-10-19(27-2)21(15)28-3)22(26)16-11-20(25)24(14-16)17-8-6-9-18(12-17)29-4/h5-10,12,16H,11,13-14H2,1-4H3/t16-/m0/s1. The van der Waals surface area contributed by atoms with Gasteiger partial charge in [-0.15, -0.1) is 11.8 Å². The van der Waals surface area contributed by atoms with E-state index >= 15 is 0 Å². The Morgan fingerprint density at radius 3 is 2.66 bits per heavy atom. The molecule has 0 N–H and O–H groups in total. The van der Waals surface area contributed by atoms with Gasteiger partial charge in [-0.25, -0.2) is 0 Å². The van der Waals surface area contributed by atoms with Crippen LogP contribution >= 0.6 is 11.8 Å². The van der Waals surface area contributed by atoms with E-state index in [-0.39, 0.29) is 24.2 Å². The molecule has 1 saturated heterocycles. The van der Waals surface area contributed by atoms with Crippen LogP contribution in [0.3, 0.4) is 0 Å². The number of ether oxygens (including phenoxy) is 2. The molecule has 1 atom stereocenters. The van der Waals surface area contributed by atoms with Crippen molar-refractivity contribution >= 4 is 29.3 Å². The monoisotopic (exact) mass is 414 g/mol. The summed E-state index contributed by atoms with van der Waals surface area (Å²) in [5.74, 6) is 0.817. The van der Waals surface area contributed by atoms with Gasteiger partial charge in [0.15, 0.2) is 11.5 Å². The van der Waals surface area contributed by atoms with Crippen LogP contribution in [0, 0.1) is 5.92 Å². The summed E-state index contributed by atoms with van der Waals surface area (Å²) >= 11 is 1.63. The summed E-state index contributed by atoms with van der Waals surface area (Å²) in [7, 11) is 4.92. The lowest BCUT2D eigenvalue weighted by atomic mass is 10.1. The maximum Gasteiger partial charge on any atom is 0.228 e. The average Bonchev–Trinajstić information content (AvgIpc) is 3.14. The number of nitrogens with zero attached hydrogens (tertiary/aromatic N) is 2. The molecule has 1 aliphatic heterocycles. The van der Waals surface area contributed by atoms with Gasteiger partial charge in [-0.1, -0.05) is 18.2 Å². The molecule has 2 aromatic rings. The van der Waals surface area contributed by atoms with Crippen LogP contribution in [0.25, 0.3) is 0 Å². The third-order valence-corrected chi connectivity index (χ3v) is 5.83. The first-order valence-corrected chi connectivity index (χ1v) is 10.6. The van der Waals surface area contributed by atoms with Gasteiger partial charge in [0.1, 0.15) is 0 Å². The topological polar surface area (TPSA) is 59.1 Å². The third-order valence-electron chi connectivity index (χ3n) is 5.11. The highest BCUT2D eigenvalue weighted by molar-refractivity contribution is 7.98. The molecule has 0 aromatic heterocycles. The van der Waals surface area contributed by atoms with Crippen molar-refractivity contribution in [3.05, 3.63) is 48.0 Å². The summed E-state index contributed by atoms with van der Waals surface area (Å²) in [5.41, 5.74) is 1.70. The Balaban J connectivity index is 1.72. The molecule has 1 heterocycles. The molecule has 2 amide bonds. The van der Waals surface area contributed by atoms with Crippen LogP contribution in [0.2, 0.25) is 0 Å². The molecule has 0 saturated carbocycles. The van der Waals surface area contributed by atoms with Crippen molar-refractivity contribution in [3.63, 3.8) is 0 Å². The second kappa shape index (κ2) is 9.22. The zero-order chi connectivity index (χ0) is 21.0. The van der Waals surface area contributed by atoms with Gasteiger partial charge in [-0.3, -0.25) is 9.59 Å². The molecule has 154 valence electrons. The van der Waals surface area contributed by atoms with Crippen LogP contribution in [0.1, 0.15) is 12.0 Å². The van der Waals surface area contributed by atoms with Crippen molar-refractivity contribution in [2.24, 2.45) is 5.92 Å². The SMILES string of the molecule is COc1cccc(CN(C)C(=O)[C@H]2CC(=O)N(c3cccc(SC)c3)C2)c1OC. The highest BCUT2D eigenvalue weighted by atomic mass is 32.2. The van der Waals surface area contributed by atoms with Gasteiger partial charge in [0.05, 0.1) is 20.1 Å². The Bertz CT molecular complexity index is 902. The Morgan fingerprint density at radius 1 is 1.21 bits per heavy atom. The molecule has 0 spiro atoms. The Kier molecular flexibility index (Phi) is 6.69. The summed E-state index contributed by atoms with van der Waals surface area (Å²) in [4.78, 5) is 30.0. The molecule has 1 aliphatic rings. The number of hydrogen-bond donors (Lipinski definition) is 0. The molecule has 0 unspecified atom stereocenters. The van der Waals surface area contributed by atoms with Crippen molar-refractivity contribution < 1.29 is 19.1 Å². The van der Waals surface area contributed by atoms with E-state index in [9.17, 15) is 9.59 Å². The van der Waals surface area contributed by atoms with Crippen molar-refractivity contribution in [2.45, 2.75) is 17.9 Å². The number of benzene rings is 2. The van der Waals surface area contributed by atoms with Crippen LogP contribution in [0.5, 0.6) is 11.5 Å². The summed E-state index contributed by atoms with van der Waals surface area (Å²) in [6.45, 7) is 0.779. The number of methoxy groups -OCH3 is 2. The first-order valence-electron chi connectivity index (χ1n) is 9.37. The number of hydrogen-bond acceptors (Lipinski definition) is 5. The number of thioether (sulfide) groups is 1. The Hall–Kier alpha value is -2.67. The van der Waals surface area contributed by atoms with Crippen LogP contribution in [-0.2, 0) is 16.1 Å². The van der Waals surface area contributed by atoms with E-state index in [1.165, 1.54) is 0 Å². The minimum Gasteiger partial charge on any atom is -0.493 e. The van der Waals surface area contributed by atoms with Crippen LogP contribution in [-0.4, -0.2) is 50.8 Å². The number of carbonyl (C=O) groups is 2. The summed E-state index contributed by atoms with van der Waals surface area (Å²) in [6, 6.07) is 13.4. The van der Waals surface area contributed by atoms with E-state index < -0.39 is 0 Å². The number of amides is 2.